The Hall–Kier alpha value is -3.60. The first-order valence-corrected chi connectivity index (χ1v) is 11.4. The fraction of sp³-hybridized carbons (Fsp3) is 0.286. The molecule has 5 heteroatoms. The number of rotatable bonds is 7. The van der Waals surface area contributed by atoms with Crippen LogP contribution in [0.4, 0.5) is 0 Å². The Kier molecular flexibility index (Phi) is 6.50. The Bertz CT molecular complexity index is 1230. The summed E-state index contributed by atoms with van der Waals surface area (Å²) in [5, 5.41) is 13.3. The predicted octanol–water partition coefficient (Wildman–Crippen LogP) is 5.71. The van der Waals surface area contributed by atoms with Crippen LogP contribution in [0.15, 0.2) is 72.3 Å². The van der Waals surface area contributed by atoms with Gasteiger partial charge >= 0.3 is 0 Å². The molecule has 1 amide bonds. The summed E-state index contributed by atoms with van der Waals surface area (Å²) in [6, 6.07) is 20.1. The zero-order chi connectivity index (χ0) is 23.5. The molecule has 4 rings (SSSR count). The summed E-state index contributed by atoms with van der Waals surface area (Å²) in [7, 11) is 0. The second kappa shape index (κ2) is 9.49. The summed E-state index contributed by atoms with van der Waals surface area (Å²) in [6.45, 7) is 7.09. The summed E-state index contributed by atoms with van der Waals surface area (Å²) in [5.74, 6) is -0.359. The monoisotopic (exact) mass is 443 g/mol. The number of ether oxygens (including phenoxy) is 1. The summed E-state index contributed by atoms with van der Waals surface area (Å²) >= 11 is 0. The molecule has 3 aromatic rings. The number of Topliss-reactive ketones (excluding diaryl/α,β-unsaturated/α-hetero) is 1. The van der Waals surface area contributed by atoms with Crippen molar-refractivity contribution in [1.29, 1.82) is 0 Å². The molecule has 1 atom stereocenters. The van der Waals surface area contributed by atoms with Crippen LogP contribution >= 0.6 is 0 Å². The van der Waals surface area contributed by atoms with Gasteiger partial charge in [-0.1, -0.05) is 69.3 Å². The molecule has 1 aliphatic rings. The van der Waals surface area contributed by atoms with Crippen molar-refractivity contribution in [1.82, 2.24) is 4.90 Å². The fourth-order valence-electron chi connectivity index (χ4n) is 4.23. The van der Waals surface area contributed by atoms with Gasteiger partial charge in [0.2, 0.25) is 0 Å². The Morgan fingerprint density at radius 3 is 2.48 bits per heavy atom. The van der Waals surface area contributed by atoms with E-state index in [-0.39, 0.29) is 11.3 Å². The molecule has 1 unspecified atom stereocenters. The minimum Gasteiger partial charge on any atom is -0.507 e. The average molecular weight is 444 g/mol. The van der Waals surface area contributed by atoms with Crippen LogP contribution in [0.25, 0.3) is 16.5 Å². The minimum absolute atomic E-state index is 0.116. The first kappa shape index (κ1) is 22.6. The van der Waals surface area contributed by atoms with Crippen molar-refractivity contribution in [3.05, 3.63) is 83.4 Å². The van der Waals surface area contributed by atoms with Crippen molar-refractivity contribution in [3.8, 4) is 5.75 Å². The van der Waals surface area contributed by atoms with Gasteiger partial charge in [0, 0.05) is 12.1 Å². The lowest BCUT2D eigenvalue weighted by molar-refractivity contribution is -0.139. The molecule has 1 N–H and O–H groups in total. The molecule has 1 heterocycles. The van der Waals surface area contributed by atoms with E-state index in [0.717, 1.165) is 16.3 Å². The number of aliphatic hydroxyl groups excluding tert-OH is 1. The topological polar surface area (TPSA) is 66.8 Å². The van der Waals surface area contributed by atoms with Crippen molar-refractivity contribution in [2.75, 3.05) is 13.2 Å². The number of hydrogen-bond acceptors (Lipinski definition) is 4. The van der Waals surface area contributed by atoms with E-state index in [1.807, 2.05) is 67.6 Å². The normalized spacial score (nSPS) is 17.8. The van der Waals surface area contributed by atoms with Crippen molar-refractivity contribution in [2.45, 2.75) is 33.2 Å². The maximum absolute atomic E-state index is 13.1. The molecule has 0 spiro atoms. The molecule has 170 valence electrons. The second-order valence-corrected chi connectivity index (χ2v) is 8.83. The van der Waals surface area contributed by atoms with Crippen LogP contribution in [0.2, 0.25) is 0 Å². The number of ketones is 1. The lowest BCUT2D eigenvalue weighted by atomic mass is 9.94. The Balaban J connectivity index is 1.83. The largest absolute Gasteiger partial charge is 0.507 e. The van der Waals surface area contributed by atoms with Crippen molar-refractivity contribution >= 4 is 28.2 Å². The molecule has 0 aromatic heterocycles. The van der Waals surface area contributed by atoms with E-state index in [1.54, 1.807) is 11.0 Å². The highest BCUT2D eigenvalue weighted by Crippen LogP contribution is 2.40. The molecule has 0 radical (unpaired) electrons. The number of nitrogens with zero attached hydrogens (tertiary/aromatic N) is 1. The Labute approximate surface area is 194 Å². The van der Waals surface area contributed by atoms with Gasteiger partial charge in [0.05, 0.1) is 18.2 Å². The maximum atomic E-state index is 13.1. The third-order valence-corrected chi connectivity index (χ3v) is 5.78. The van der Waals surface area contributed by atoms with Gasteiger partial charge in [0.1, 0.15) is 11.5 Å². The molecule has 5 nitrogen and oxygen atoms in total. The van der Waals surface area contributed by atoms with Gasteiger partial charge < -0.3 is 14.7 Å². The van der Waals surface area contributed by atoms with E-state index < -0.39 is 17.7 Å². The smallest absolute Gasteiger partial charge is 0.295 e. The number of benzene rings is 3. The molecule has 1 saturated heterocycles. The number of carbonyl (C=O) groups is 2. The van der Waals surface area contributed by atoms with E-state index in [9.17, 15) is 14.7 Å². The lowest BCUT2D eigenvalue weighted by Crippen LogP contribution is -2.30. The molecule has 0 bridgehead atoms. The van der Waals surface area contributed by atoms with Crippen LogP contribution < -0.4 is 4.74 Å². The number of fused-ring (bicyclic) bond motifs is 1. The highest BCUT2D eigenvalue weighted by atomic mass is 16.5. The maximum Gasteiger partial charge on any atom is 0.295 e. The molecule has 3 aromatic carbocycles. The molecule has 0 aliphatic carbocycles. The van der Waals surface area contributed by atoms with Crippen LogP contribution in [-0.2, 0) is 9.59 Å². The lowest BCUT2D eigenvalue weighted by Gasteiger charge is -2.25. The number of aliphatic hydroxyl groups is 1. The fourth-order valence-corrected chi connectivity index (χ4v) is 4.23. The van der Waals surface area contributed by atoms with Gasteiger partial charge in [-0.25, -0.2) is 0 Å². The van der Waals surface area contributed by atoms with E-state index in [2.05, 4.69) is 13.8 Å². The third-order valence-electron chi connectivity index (χ3n) is 5.78. The second-order valence-electron chi connectivity index (χ2n) is 8.83. The molecule has 33 heavy (non-hydrogen) atoms. The summed E-state index contributed by atoms with van der Waals surface area (Å²) < 4.78 is 5.88. The third kappa shape index (κ3) is 4.49. The minimum atomic E-state index is -0.668. The van der Waals surface area contributed by atoms with Crippen LogP contribution in [0.5, 0.6) is 5.75 Å². The van der Waals surface area contributed by atoms with E-state index in [0.29, 0.717) is 36.8 Å². The number of amides is 1. The highest BCUT2D eigenvalue weighted by molar-refractivity contribution is 6.46. The molecule has 0 saturated carbocycles. The van der Waals surface area contributed by atoms with Crippen LogP contribution in [0.3, 0.4) is 0 Å². The van der Waals surface area contributed by atoms with Crippen LogP contribution in [0, 0.1) is 5.92 Å². The number of hydrogen-bond donors (Lipinski definition) is 1. The zero-order valence-corrected chi connectivity index (χ0v) is 19.2. The standard InChI is InChI=1S/C28H29NO4/c1-4-14-29-25(21-10-7-11-23(16-21)33-17-18(2)3)24(27(31)28(29)32)26(30)22-13-12-19-8-5-6-9-20(19)15-22/h5-13,15-16,18,25,30H,4,14,17H2,1-3H3/b26-24-. The molecular weight excluding hydrogens is 414 g/mol. The zero-order valence-electron chi connectivity index (χ0n) is 19.2. The van der Waals surface area contributed by atoms with E-state index in [4.69, 9.17) is 4.74 Å². The quantitative estimate of drug-likeness (QED) is 0.289. The van der Waals surface area contributed by atoms with Gasteiger partial charge in [0.25, 0.3) is 11.7 Å². The Morgan fingerprint density at radius 1 is 1.00 bits per heavy atom. The van der Waals surface area contributed by atoms with Crippen LogP contribution in [-0.4, -0.2) is 34.8 Å². The van der Waals surface area contributed by atoms with Gasteiger partial charge in [-0.05, 0) is 46.9 Å². The highest BCUT2D eigenvalue weighted by Gasteiger charge is 2.45. The molecular formula is C28H29NO4. The summed E-state index contributed by atoms with van der Waals surface area (Å²) in [4.78, 5) is 27.6. The number of carbonyl (C=O) groups excluding carboxylic acids is 2. The first-order valence-electron chi connectivity index (χ1n) is 11.4. The van der Waals surface area contributed by atoms with E-state index >= 15 is 0 Å². The van der Waals surface area contributed by atoms with Crippen LogP contribution in [0.1, 0.15) is 44.4 Å². The summed E-state index contributed by atoms with van der Waals surface area (Å²) in [6.07, 6.45) is 0.697. The van der Waals surface area contributed by atoms with Crippen molar-refractivity contribution < 1.29 is 19.4 Å². The number of likely N-dealkylation sites (tertiary alicyclic amines) is 1. The first-order chi connectivity index (χ1) is 15.9. The predicted molar refractivity (Wildman–Crippen MR) is 130 cm³/mol. The summed E-state index contributed by atoms with van der Waals surface area (Å²) in [5.41, 5.74) is 1.37. The molecule has 1 aliphatic heterocycles. The van der Waals surface area contributed by atoms with E-state index in [1.165, 1.54) is 0 Å². The SMILES string of the molecule is CCCN1C(=O)C(=O)/C(=C(\O)c2ccc3ccccc3c2)C1c1cccc(OCC(C)C)c1. The van der Waals surface area contributed by atoms with Gasteiger partial charge in [0.15, 0.2) is 0 Å². The van der Waals surface area contributed by atoms with Gasteiger partial charge in [-0.15, -0.1) is 0 Å². The average Bonchev–Trinajstić information content (AvgIpc) is 3.07. The van der Waals surface area contributed by atoms with Gasteiger partial charge in [-0.2, -0.15) is 0 Å². The van der Waals surface area contributed by atoms with Gasteiger partial charge in [-0.3, -0.25) is 9.59 Å². The Morgan fingerprint density at radius 2 is 1.76 bits per heavy atom. The van der Waals surface area contributed by atoms with Crippen molar-refractivity contribution in [3.63, 3.8) is 0 Å². The molecule has 1 fully saturated rings. The van der Waals surface area contributed by atoms with Crippen molar-refractivity contribution in [2.24, 2.45) is 5.92 Å².